The van der Waals surface area contributed by atoms with Crippen LogP contribution in [0.4, 0.5) is 15.8 Å². The Morgan fingerprint density at radius 1 is 1.13 bits per heavy atom. The van der Waals surface area contributed by atoms with Crippen molar-refractivity contribution in [2.45, 2.75) is 31.7 Å². The Hall–Kier alpha value is -2.77. The number of nitrogens with one attached hydrogen (secondary N) is 2. The number of hydrogen-bond donors (Lipinski definition) is 2. The summed E-state index contributed by atoms with van der Waals surface area (Å²) in [6.07, 6.45) is 4.18. The highest BCUT2D eigenvalue weighted by Crippen LogP contribution is 2.28. The first-order valence-corrected chi connectivity index (χ1v) is 10.3. The number of carbonyl (C=O) groups excluding carboxylic acids is 2. The molecule has 2 N–H and O–H groups in total. The van der Waals surface area contributed by atoms with E-state index in [9.17, 15) is 14.0 Å². The van der Waals surface area contributed by atoms with E-state index in [0.29, 0.717) is 13.2 Å². The van der Waals surface area contributed by atoms with Crippen molar-refractivity contribution >= 4 is 23.2 Å². The summed E-state index contributed by atoms with van der Waals surface area (Å²) in [5, 5.41) is 5.63. The van der Waals surface area contributed by atoms with E-state index in [1.807, 2.05) is 24.1 Å². The average Bonchev–Trinajstić information content (AvgIpc) is 2.74. The van der Waals surface area contributed by atoms with Gasteiger partial charge in [0.15, 0.2) is 0 Å². The van der Waals surface area contributed by atoms with Crippen LogP contribution in [0.15, 0.2) is 36.4 Å². The van der Waals surface area contributed by atoms with Gasteiger partial charge in [-0.1, -0.05) is 12.1 Å². The third kappa shape index (κ3) is 4.52. The van der Waals surface area contributed by atoms with Crippen molar-refractivity contribution in [2.24, 2.45) is 0 Å². The number of benzene rings is 2. The van der Waals surface area contributed by atoms with Crippen LogP contribution in [0.25, 0.3) is 0 Å². The first kappa shape index (κ1) is 20.5. The van der Waals surface area contributed by atoms with Crippen molar-refractivity contribution in [1.29, 1.82) is 0 Å². The predicted octanol–water partition coefficient (Wildman–Crippen LogP) is 3.23. The maximum Gasteiger partial charge on any atom is 0.255 e. The second kappa shape index (κ2) is 8.93. The Morgan fingerprint density at radius 2 is 1.97 bits per heavy atom. The maximum atomic E-state index is 14.2. The van der Waals surface area contributed by atoms with Crippen LogP contribution in [-0.2, 0) is 22.4 Å². The van der Waals surface area contributed by atoms with Gasteiger partial charge < -0.3 is 15.4 Å². The molecule has 6 nitrogen and oxygen atoms in total. The summed E-state index contributed by atoms with van der Waals surface area (Å²) in [6, 6.07) is 9.33. The van der Waals surface area contributed by atoms with Crippen LogP contribution in [0, 0.1) is 5.82 Å². The molecular weight excluding hydrogens is 385 g/mol. The minimum atomic E-state index is -0.582. The smallest absolute Gasteiger partial charge is 0.255 e. The number of amides is 2. The van der Waals surface area contributed by atoms with Gasteiger partial charge in [0.2, 0.25) is 5.91 Å². The fraction of sp³-hybridized carbons (Fsp3) is 0.391. The molecule has 1 aliphatic heterocycles. The minimum Gasteiger partial charge on any atom is -0.378 e. The number of fused-ring (bicyclic) bond motifs is 1. The average molecular weight is 411 g/mol. The fourth-order valence-electron chi connectivity index (χ4n) is 4.07. The van der Waals surface area contributed by atoms with E-state index in [2.05, 4.69) is 16.7 Å². The first-order valence-electron chi connectivity index (χ1n) is 10.3. The normalized spacial score (nSPS) is 19.1. The fourth-order valence-corrected chi connectivity index (χ4v) is 4.07. The van der Waals surface area contributed by atoms with Crippen molar-refractivity contribution in [1.82, 2.24) is 4.90 Å². The molecule has 0 radical (unpaired) electrons. The van der Waals surface area contributed by atoms with Gasteiger partial charge in [-0.15, -0.1) is 0 Å². The summed E-state index contributed by atoms with van der Waals surface area (Å²) in [4.78, 5) is 27.3. The largest absolute Gasteiger partial charge is 0.378 e. The molecule has 2 amide bonds. The van der Waals surface area contributed by atoms with Crippen molar-refractivity contribution in [2.75, 3.05) is 37.4 Å². The van der Waals surface area contributed by atoms with E-state index < -0.39 is 17.8 Å². The zero-order valence-corrected chi connectivity index (χ0v) is 17.0. The number of ether oxygens (including phenoxy) is 1. The molecule has 0 spiro atoms. The summed E-state index contributed by atoms with van der Waals surface area (Å²) < 4.78 is 19.6. The number of likely N-dealkylation sites (N-methyl/N-ethyl adjacent to an activating group) is 1. The molecule has 2 aliphatic rings. The maximum absolute atomic E-state index is 14.2. The minimum absolute atomic E-state index is 0.159. The predicted molar refractivity (Wildman–Crippen MR) is 113 cm³/mol. The number of rotatable bonds is 4. The second-order valence-electron chi connectivity index (χ2n) is 7.89. The van der Waals surface area contributed by atoms with Gasteiger partial charge in [-0.2, -0.15) is 0 Å². The number of nitrogens with zero attached hydrogens (tertiary/aromatic N) is 1. The molecule has 0 aromatic heterocycles. The Morgan fingerprint density at radius 3 is 2.80 bits per heavy atom. The van der Waals surface area contributed by atoms with E-state index in [0.717, 1.165) is 36.9 Å². The lowest BCUT2D eigenvalue weighted by Gasteiger charge is -2.31. The SMILES string of the molecule is CN1CCOC[C@@H]1C(=O)Nc1cc(F)cc(C(=O)Nc2cccc3c2CCCC3)c1. The van der Waals surface area contributed by atoms with Crippen LogP contribution in [0.5, 0.6) is 0 Å². The van der Waals surface area contributed by atoms with Crippen LogP contribution >= 0.6 is 0 Å². The highest BCUT2D eigenvalue weighted by Gasteiger charge is 2.27. The molecule has 0 unspecified atom stereocenters. The lowest BCUT2D eigenvalue weighted by Crippen LogP contribution is -2.49. The molecule has 0 bridgehead atoms. The van der Waals surface area contributed by atoms with Gasteiger partial charge in [0.05, 0.1) is 13.2 Å². The lowest BCUT2D eigenvalue weighted by atomic mass is 9.90. The van der Waals surface area contributed by atoms with Gasteiger partial charge in [-0.05, 0) is 68.1 Å². The monoisotopic (exact) mass is 411 g/mol. The van der Waals surface area contributed by atoms with E-state index in [1.54, 1.807) is 0 Å². The van der Waals surface area contributed by atoms with Crippen LogP contribution in [-0.4, -0.2) is 49.6 Å². The highest BCUT2D eigenvalue weighted by atomic mass is 19.1. The molecule has 0 saturated carbocycles. The molecule has 1 fully saturated rings. The Bertz CT molecular complexity index is 963. The molecule has 1 heterocycles. The zero-order chi connectivity index (χ0) is 21.1. The summed E-state index contributed by atoms with van der Waals surface area (Å²) in [6.45, 7) is 1.51. The Kier molecular flexibility index (Phi) is 6.11. The third-order valence-electron chi connectivity index (χ3n) is 5.77. The van der Waals surface area contributed by atoms with Gasteiger partial charge in [0.25, 0.3) is 5.91 Å². The van der Waals surface area contributed by atoms with Crippen LogP contribution < -0.4 is 10.6 Å². The third-order valence-corrected chi connectivity index (χ3v) is 5.77. The molecule has 1 saturated heterocycles. The molecule has 2 aromatic rings. The summed E-state index contributed by atoms with van der Waals surface area (Å²) in [7, 11) is 1.85. The quantitative estimate of drug-likeness (QED) is 0.811. The molecule has 30 heavy (non-hydrogen) atoms. The number of morpholine rings is 1. The van der Waals surface area contributed by atoms with Crippen molar-refractivity contribution in [3.8, 4) is 0 Å². The topological polar surface area (TPSA) is 70.7 Å². The molecule has 158 valence electrons. The van der Waals surface area contributed by atoms with Crippen molar-refractivity contribution in [3.63, 3.8) is 0 Å². The van der Waals surface area contributed by atoms with E-state index in [4.69, 9.17) is 4.74 Å². The van der Waals surface area contributed by atoms with Gasteiger partial charge in [-0.3, -0.25) is 14.5 Å². The Balaban J connectivity index is 1.50. The summed E-state index contributed by atoms with van der Waals surface area (Å²) >= 11 is 0. The molecule has 7 heteroatoms. The van der Waals surface area contributed by atoms with E-state index >= 15 is 0 Å². The van der Waals surface area contributed by atoms with Crippen LogP contribution in [0.2, 0.25) is 0 Å². The molecule has 2 aromatic carbocycles. The molecule has 4 rings (SSSR count). The van der Waals surface area contributed by atoms with Crippen LogP contribution in [0.1, 0.15) is 34.3 Å². The zero-order valence-electron chi connectivity index (χ0n) is 17.0. The van der Waals surface area contributed by atoms with Gasteiger partial charge >= 0.3 is 0 Å². The lowest BCUT2D eigenvalue weighted by molar-refractivity contribution is -0.126. The number of halogens is 1. The molecule has 1 atom stereocenters. The highest BCUT2D eigenvalue weighted by molar-refractivity contribution is 6.06. The van der Waals surface area contributed by atoms with E-state index in [-0.39, 0.29) is 23.8 Å². The number of aryl methyl sites for hydroxylation is 1. The van der Waals surface area contributed by atoms with Crippen molar-refractivity contribution in [3.05, 3.63) is 58.9 Å². The second-order valence-corrected chi connectivity index (χ2v) is 7.89. The van der Waals surface area contributed by atoms with Gasteiger partial charge in [0.1, 0.15) is 11.9 Å². The van der Waals surface area contributed by atoms with Crippen molar-refractivity contribution < 1.29 is 18.7 Å². The number of anilines is 2. The molecule has 1 aliphatic carbocycles. The van der Waals surface area contributed by atoms with Gasteiger partial charge in [0, 0.05) is 23.5 Å². The van der Waals surface area contributed by atoms with Crippen LogP contribution in [0.3, 0.4) is 0 Å². The number of carbonyl (C=O) groups is 2. The standard InChI is InChI=1S/C23H26FN3O3/c1-27-9-10-30-14-21(27)23(29)25-18-12-16(11-17(24)13-18)22(28)26-20-8-4-6-15-5-2-3-7-19(15)20/h4,6,8,11-13,21H,2-3,5,7,9-10,14H2,1H3,(H,25,29)(H,26,28)/t21-/m1/s1. The molecular formula is C23H26FN3O3. The Labute approximate surface area is 175 Å². The first-order chi connectivity index (χ1) is 14.5. The van der Waals surface area contributed by atoms with Gasteiger partial charge in [-0.25, -0.2) is 4.39 Å². The van der Waals surface area contributed by atoms with E-state index in [1.165, 1.54) is 23.8 Å². The summed E-state index contributed by atoms with van der Waals surface area (Å²) in [5.74, 6) is -1.27. The summed E-state index contributed by atoms with van der Waals surface area (Å²) in [5.41, 5.74) is 3.59. The number of hydrogen-bond acceptors (Lipinski definition) is 4.